The summed E-state index contributed by atoms with van der Waals surface area (Å²) in [7, 11) is 0. The average molecular weight is 265 g/mol. The minimum absolute atomic E-state index is 0.213. The Balaban J connectivity index is 1.88. The SMILES string of the molecule is CC(NC(N)=O)C(=O)NCc1ccc2c(c1)OCO2. The average Bonchev–Trinajstić information content (AvgIpc) is 2.82. The highest BCUT2D eigenvalue weighted by molar-refractivity contribution is 5.86. The first-order chi connectivity index (χ1) is 9.06. The highest BCUT2D eigenvalue weighted by Crippen LogP contribution is 2.32. The largest absolute Gasteiger partial charge is 0.454 e. The molecule has 2 rings (SSSR count). The Hall–Kier alpha value is -2.44. The molecule has 19 heavy (non-hydrogen) atoms. The van der Waals surface area contributed by atoms with Crippen LogP contribution >= 0.6 is 0 Å². The summed E-state index contributed by atoms with van der Waals surface area (Å²) >= 11 is 0. The maximum absolute atomic E-state index is 11.6. The first-order valence-electron chi connectivity index (χ1n) is 5.78. The molecule has 1 atom stereocenters. The van der Waals surface area contributed by atoms with Gasteiger partial charge in [-0.05, 0) is 24.6 Å². The molecule has 1 aromatic rings. The second-order valence-corrected chi connectivity index (χ2v) is 4.14. The van der Waals surface area contributed by atoms with Crippen LogP contribution in [0.5, 0.6) is 11.5 Å². The third-order valence-electron chi connectivity index (χ3n) is 2.66. The van der Waals surface area contributed by atoms with Gasteiger partial charge in [-0.25, -0.2) is 4.79 Å². The highest BCUT2D eigenvalue weighted by Gasteiger charge is 2.15. The van der Waals surface area contributed by atoms with Crippen molar-refractivity contribution in [2.24, 2.45) is 5.73 Å². The van der Waals surface area contributed by atoms with E-state index in [9.17, 15) is 9.59 Å². The zero-order chi connectivity index (χ0) is 13.8. The van der Waals surface area contributed by atoms with E-state index in [1.165, 1.54) is 0 Å². The number of benzene rings is 1. The lowest BCUT2D eigenvalue weighted by molar-refractivity contribution is -0.122. The molecule has 4 N–H and O–H groups in total. The predicted molar refractivity (Wildman–Crippen MR) is 66.6 cm³/mol. The number of ether oxygens (including phenoxy) is 2. The van der Waals surface area contributed by atoms with Gasteiger partial charge < -0.3 is 25.8 Å². The second kappa shape index (κ2) is 5.47. The predicted octanol–water partition coefficient (Wildman–Crippen LogP) is 0.0883. The van der Waals surface area contributed by atoms with Crippen molar-refractivity contribution in [2.75, 3.05) is 6.79 Å². The van der Waals surface area contributed by atoms with Crippen molar-refractivity contribution in [3.63, 3.8) is 0 Å². The molecule has 0 aromatic heterocycles. The maximum atomic E-state index is 11.6. The van der Waals surface area contributed by atoms with E-state index in [4.69, 9.17) is 15.2 Å². The quantitative estimate of drug-likeness (QED) is 0.717. The van der Waals surface area contributed by atoms with Gasteiger partial charge in [0.25, 0.3) is 0 Å². The molecule has 0 spiro atoms. The lowest BCUT2D eigenvalue weighted by Crippen LogP contribution is -2.46. The van der Waals surface area contributed by atoms with Crippen LogP contribution < -0.4 is 25.8 Å². The molecule has 1 aromatic carbocycles. The van der Waals surface area contributed by atoms with Crippen LogP contribution in [-0.2, 0) is 11.3 Å². The highest BCUT2D eigenvalue weighted by atomic mass is 16.7. The van der Waals surface area contributed by atoms with E-state index < -0.39 is 12.1 Å². The Labute approximate surface area is 110 Å². The van der Waals surface area contributed by atoms with Crippen molar-refractivity contribution < 1.29 is 19.1 Å². The number of fused-ring (bicyclic) bond motifs is 1. The minimum atomic E-state index is -0.731. The van der Waals surface area contributed by atoms with Crippen LogP contribution in [0.25, 0.3) is 0 Å². The zero-order valence-electron chi connectivity index (χ0n) is 10.4. The topological polar surface area (TPSA) is 103 Å². The molecular weight excluding hydrogens is 250 g/mol. The number of carbonyl (C=O) groups excluding carboxylic acids is 2. The number of rotatable bonds is 4. The molecule has 3 amide bonds. The van der Waals surface area contributed by atoms with Crippen molar-refractivity contribution in [3.8, 4) is 11.5 Å². The number of hydrogen-bond donors (Lipinski definition) is 3. The number of urea groups is 1. The lowest BCUT2D eigenvalue weighted by Gasteiger charge is -2.12. The monoisotopic (exact) mass is 265 g/mol. The van der Waals surface area contributed by atoms with Gasteiger partial charge >= 0.3 is 6.03 Å². The number of nitrogens with two attached hydrogens (primary N) is 1. The van der Waals surface area contributed by atoms with Crippen molar-refractivity contribution >= 4 is 11.9 Å². The van der Waals surface area contributed by atoms with Crippen molar-refractivity contribution in [1.82, 2.24) is 10.6 Å². The number of amides is 3. The van der Waals surface area contributed by atoms with Crippen molar-refractivity contribution in [2.45, 2.75) is 19.5 Å². The summed E-state index contributed by atoms with van der Waals surface area (Å²) in [6.45, 7) is 2.10. The van der Waals surface area contributed by atoms with Crippen LogP contribution in [0.3, 0.4) is 0 Å². The minimum Gasteiger partial charge on any atom is -0.454 e. The fraction of sp³-hybridized carbons (Fsp3) is 0.333. The summed E-state index contributed by atoms with van der Waals surface area (Å²) in [4.78, 5) is 22.3. The van der Waals surface area contributed by atoms with Crippen LogP contribution in [0.15, 0.2) is 18.2 Å². The van der Waals surface area contributed by atoms with Gasteiger partial charge in [0.15, 0.2) is 11.5 Å². The molecule has 0 aliphatic carbocycles. The summed E-state index contributed by atoms with van der Waals surface area (Å²) in [6.07, 6.45) is 0. The summed E-state index contributed by atoms with van der Waals surface area (Å²) in [5.41, 5.74) is 5.82. The van der Waals surface area contributed by atoms with Crippen LogP contribution in [0.1, 0.15) is 12.5 Å². The zero-order valence-corrected chi connectivity index (χ0v) is 10.4. The summed E-state index contributed by atoms with van der Waals surface area (Å²) in [6, 6.07) is 4.01. The van der Waals surface area contributed by atoms with Gasteiger partial charge in [0.05, 0.1) is 0 Å². The van der Waals surface area contributed by atoms with Gasteiger partial charge in [0.2, 0.25) is 12.7 Å². The van der Waals surface area contributed by atoms with Gasteiger partial charge in [-0.2, -0.15) is 0 Å². The van der Waals surface area contributed by atoms with E-state index in [0.29, 0.717) is 18.0 Å². The summed E-state index contributed by atoms with van der Waals surface area (Å²) < 4.78 is 10.4. The smallest absolute Gasteiger partial charge is 0.312 e. The molecule has 0 bridgehead atoms. The van der Waals surface area contributed by atoms with E-state index in [2.05, 4.69) is 10.6 Å². The molecule has 1 unspecified atom stereocenters. The molecule has 1 aliphatic rings. The Morgan fingerprint density at radius 1 is 1.37 bits per heavy atom. The molecule has 0 fully saturated rings. The molecular formula is C12H15N3O4. The van der Waals surface area contributed by atoms with Gasteiger partial charge in [0, 0.05) is 6.54 Å². The van der Waals surface area contributed by atoms with E-state index in [1.807, 2.05) is 6.07 Å². The Morgan fingerprint density at radius 3 is 2.84 bits per heavy atom. The number of nitrogens with one attached hydrogen (secondary N) is 2. The van der Waals surface area contributed by atoms with Gasteiger partial charge in [-0.15, -0.1) is 0 Å². The summed E-state index contributed by atoms with van der Waals surface area (Å²) in [5, 5.41) is 4.99. The van der Waals surface area contributed by atoms with Crippen LogP contribution in [0, 0.1) is 0 Å². The standard InChI is InChI=1S/C12H15N3O4/c1-7(15-12(13)17)11(16)14-5-8-2-3-9-10(4-8)19-6-18-9/h2-4,7H,5-6H2,1H3,(H,14,16)(H3,13,15,17). The van der Waals surface area contributed by atoms with Gasteiger partial charge in [0.1, 0.15) is 6.04 Å². The molecule has 1 aliphatic heterocycles. The Morgan fingerprint density at radius 2 is 2.11 bits per heavy atom. The van der Waals surface area contributed by atoms with Crippen LogP contribution in [-0.4, -0.2) is 24.8 Å². The molecule has 0 radical (unpaired) electrons. The van der Waals surface area contributed by atoms with E-state index in [-0.39, 0.29) is 12.7 Å². The second-order valence-electron chi connectivity index (χ2n) is 4.14. The normalized spacial score (nSPS) is 13.7. The van der Waals surface area contributed by atoms with Gasteiger partial charge in [-0.3, -0.25) is 4.79 Å². The van der Waals surface area contributed by atoms with Crippen molar-refractivity contribution in [3.05, 3.63) is 23.8 Å². The maximum Gasteiger partial charge on any atom is 0.312 e. The fourth-order valence-electron chi connectivity index (χ4n) is 1.67. The van der Waals surface area contributed by atoms with E-state index in [0.717, 1.165) is 5.56 Å². The molecule has 1 heterocycles. The molecule has 0 saturated carbocycles. The van der Waals surface area contributed by atoms with E-state index >= 15 is 0 Å². The molecule has 7 heteroatoms. The third kappa shape index (κ3) is 3.27. The number of primary amides is 1. The molecule has 102 valence electrons. The fourth-order valence-corrected chi connectivity index (χ4v) is 1.67. The van der Waals surface area contributed by atoms with Crippen molar-refractivity contribution in [1.29, 1.82) is 0 Å². The third-order valence-corrected chi connectivity index (χ3v) is 2.66. The number of hydrogen-bond acceptors (Lipinski definition) is 4. The lowest BCUT2D eigenvalue weighted by atomic mass is 10.2. The Kier molecular flexibility index (Phi) is 3.74. The first-order valence-corrected chi connectivity index (χ1v) is 5.78. The van der Waals surface area contributed by atoms with Crippen LogP contribution in [0.2, 0.25) is 0 Å². The first kappa shape index (κ1) is 13.0. The van der Waals surface area contributed by atoms with Crippen LogP contribution in [0.4, 0.5) is 4.79 Å². The number of carbonyl (C=O) groups is 2. The molecule has 7 nitrogen and oxygen atoms in total. The van der Waals surface area contributed by atoms with Gasteiger partial charge in [-0.1, -0.05) is 6.07 Å². The summed E-state index contributed by atoms with van der Waals surface area (Å²) in [5.74, 6) is 1.05. The van der Waals surface area contributed by atoms with E-state index in [1.54, 1.807) is 19.1 Å². The Bertz CT molecular complexity index is 504. The molecule has 0 saturated heterocycles.